The predicted molar refractivity (Wildman–Crippen MR) is 120 cm³/mol. The van der Waals surface area contributed by atoms with Crippen LogP contribution >= 0.6 is 0 Å². The number of rotatable bonds is 4. The summed E-state index contributed by atoms with van der Waals surface area (Å²) in [5, 5.41) is 13.5. The lowest BCUT2D eigenvalue weighted by atomic mass is 9.62. The van der Waals surface area contributed by atoms with Gasteiger partial charge >= 0.3 is 5.97 Å². The molecule has 6 nitrogen and oxygen atoms in total. The number of dihydropyridines is 1. The van der Waals surface area contributed by atoms with Gasteiger partial charge in [-0.3, -0.25) is 4.79 Å². The van der Waals surface area contributed by atoms with Crippen LogP contribution in [0, 0.1) is 0 Å². The van der Waals surface area contributed by atoms with Gasteiger partial charge in [0.25, 0.3) is 0 Å². The molecule has 1 aliphatic carbocycles. The third-order valence-electron chi connectivity index (χ3n) is 6.57. The molecule has 32 heavy (non-hydrogen) atoms. The highest BCUT2D eigenvalue weighted by atomic mass is 16.5. The van der Waals surface area contributed by atoms with Gasteiger partial charge in [0.2, 0.25) is 0 Å². The second-order valence-corrected chi connectivity index (χ2v) is 8.42. The minimum absolute atomic E-state index is 0.0468. The zero-order chi connectivity index (χ0) is 23.0. The van der Waals surface area contributed by atoms with E-state index in [1.807, 2.05) is 44.2 Å². The fraction of sp³-hybridized carbons (Fsp3) is 0.308. The van der Waals surface area contributed by atoms with E-state index in [0.717, 1.165) is 17.0 Å². The number of phenols is 1. The van der Waals surface area contributed by atoms with Crippen molar-refractivity contribution in [2.45, 2.75) is 38.0 Å². The lowest BCUT2D eigenvalue weighted by Crippen LogP contribution is -2.45. The van der Waals surface area contributed by atoms with Gasteiger partial charge in [-0.25, -0.2) is 4.79 Å². The number of ketones is 1. The molecule has 1 aliphatic heterocycles. The number of phenolic OH excluding ortho intramolecular Hbond substituents is 1. The minimum Gasteiger partial charge on any atom is -0.508 e. The largest absolute Gasteiger partial charge is 0.508 e. The van der Waals surface area contributed by atoms with Crippen LogP contribution in [0.4, 0.5) is 0 Å². The zero-order valence-corrected chi connectivity index (χ0v) is 18.7. The summed E-state index contributed by atoms with van der Waals surface area (Å²) in [4.78, 5) is 26.5. The number of Topliss-reactive ketones (excluding diaryl/α,β-unsaturated/α-hetero) is 1. The second-order valence-electron chi connectivity index (χ2n) is 8.42. The number of benzene rings is 2. The van der Waals surface area contributed by atoms with Gasteiger partial charge < -0.3 is 19.9 Å². The molecular formula is C26H27NO5. The Morgan fingerprint density at radius 3 is 2.56 bits per heavy atom. The fourth-order valence-corrected chi connectivity index (χ4v) is 5.19. The summed E-state index contributed by atoms with van der Waals surface area (Å²) < 4.78 is 10.6. The van der Waals surface area contributed by atoms with Crippen LogP contribution in [0.1, 0.15) is 43.7 Å². The summed E-state index contributed by atoms with van der Waals surface area (Å²) >= 11 is 0. The van der Waals surface area contributed by atoms with Gasteiger partial charge in [-0.1, -0.05) is 30.3 Å². The standard InChI is InChI=1S/C26H27NO5/c1-15-23(25(30)32-4)26(2,17-8-7-9-18(28)14-17)24-20(27-15)12-16(13-21(24)29)19-10-5-6-11-22(19)31-3/h5-11,14,16,27-28H,12-13H2,1-4H3/t16?,26-/m0/s1. The molecule has 6 heteroatoms. The van der Waals surface area contributed by atoms with Crippen molar-refractivity contribution in [1.82, 2.24) is 5.32 Å². The molecule has 2 aromatic rings. The summed E-state index contributed by atoms with van der Waals surface area (Å²) in [7, 11) is 2.96. The van der Waals surface area contributed by atoms with E-state index < -0.39 is 11.4 Å². The molecule has 4 rings (SSSR count). The molecule has 0 aromatic heterocycles. The monoisotopic (exact) mass is 433 g/mol. The molecule has 2 aliphatic rings. The highest BCUT2D eigenvalue weighted by Crippen LogP contribution is 2.50. The lowest BCUT2D eigenvalue weighted by Gasteiger charge is -2.43. The number of methoxy groups -OCH3 is 2. The van der Waals surface area contributed by atoms with Crippen LogP contribution in [-0.4, -0.2) is 31.1 Å². The summed E-state index contributed by atoms with van der Waals surface area (Å²) in [6.07, 6.45) is 0.893. The Bertz CT molecular complexity index is 1160. The van der Waals surface area contributed by atoms with Gasteiger partial charge in [-0.05, 0) is 49.6 Å². The molecule has 0 saturated heterocycles. The lowest BCUT2D eigenvalue weighted by molar-refractivity contribution is -0.136. The van der Waals surface area contributed by atoms with Gasteiger partial charge in [-0.2, -0.15) is 0 Å². The molecule has 2 N–H and O–H groups in total. The minimum atomic E-state index is -1.06. The Labute approximate surface area is 187 Å². The summed E-state index contributed by atoms with van der Waals surface area (Å²) in [5.74, 6) is 0.220. The van der Waals surface area contributed by atoms with E-state index in [0.29, 0.717) is 35.2 Å². The maximum absolute atomic E-state index is 13.7. The van der Waals surface area contributed by atoms with Crippen molar-refractivity contribution in [3.8, 4) is 11.5 Å². The average Bonchev–Trinajstić information content (AvgIpc) is 2.78. The van der Waals surface area contributed by atoms with E-state index in [2.05, 4.69) is 5.32 Å². The molecule has 1 heterocycles. The molecule has 0 saturated carbocycles. The molecule has 2 atom stereocenters. The van der Waals surface area contributed by atoms with Crippen LogP contribution in [0.25, 0.3) is 0 Å². The Morgan fingerprint density at radius 2 is 1.88 bits per heavy atom. The van der Waals surface area contributed by atoms with Crippen LogP contribution in [0.2, 0.25) is 0 Å². The number of allylic oxidation sites excluding steroid dienone is 3. The molecule has 1 unspecified atom stereocenters. The molecular weight excluding hydrogens is 406 g/mol. The zero-order valence-electron chi connectivity index (χ0n) is 18.7. The number of nitrogens with one attached hydrogen (secondary N) is 1. The van der Waals surface area contributed by atoms with Gasteiger partial charge in [-0.15, -0.1) is 0 Å². The van der Waals surface area contributed by atoms with Crippen molar-refractivity contribution < 1.29 is 24.2 Å². The molecule has 0 fully saturated rings. The highest BCUT2D eigenvalue weighted by Gasteiger charge is 2.49. The normalized spacial score (nSPS) is 22.9. The van der Waals surface area contributed by atoms with Crippen molar-refractivity contribution >= 4 is 11.8 Å². The van der Waals surface area contributed by atoms with Gasteiger partial charge in [0.1, 0.15) is 11.5 Å². The number of ether oxygens (including phenoxy) is 2. The Hall–Kier alpha value is -3.54. The van der Waals surface area contributed by atoms with Gasteiger partial charge in [0.05, 0.1) is 25.2 Å². The van der Waals surface area contributed by atoms with Crippen molar-refractivity contribution in [1.29, 1.82) is 0 Å². The third kappa shape index (κ3) is 3.36. The first-order valence-corrected chi connectivity index (χ1v) is 10.6. The first-order chi connectivity index (χ1) is 15.3. The molecule has 166 valence electrons. The van der Waals surface area contributed by atoms with E-state index in [1.165, 1.54) is 7.11 Å². The average molecular weight is 434 g/mol. The maximum Gasteiger partial charge on any atom is 0.336 e. The molecule has 0 amide bonds. The Balaban J connectivity index is 1.89. The first kappa shape index (κ1) is 21.7. The number of para-hydroxylation sites is 1. The molecule has 2 aromatic carbocycles. The van der Waals surface area contributed by atoms with E-state index in [9.17, 15) is 14.7 Å². The van der Waals surface area contributed by atoms with Crippen molar-refractivity contribution in [3.63, 3.8) is 0 Å². The maximum atomic E-state index is 13.7. The van der Waals surface area contributed by atoms with Crippen molar-refractivity contribution in [2.75, 3.05) is 14.2 Å². The van der Waals surface area contributed by atoms with Crippen LogP contribution < -0.4 is 10.1 Å². The number of aromatic hydroxyl groups is 1. The van der Waals surface area contributed by atoms with Crippen molar-refractivity contribution in [3.05, 3.63) is 82.2 Å². The number of hydrogen-bond donors (Lipinski definition) is 2. The molecule has 0 bridgehead atoms. The SMILES string of the molecule is COC(=O)C1=C(C)NC2=C(C(=O)CC(c3ccccc3OC)C2)[C@@]1(C)c1cccc(O)c1. The van der Waals surface area contributed by atoms with E-state index >= 15 is 0 Å². The Kier molecular flexibility index (Phi) is 5.55. The Morgan fingerprint density at radius 1 is 1.12 bits per heavy atom. The van der Waals surface area contributed by atoms with Gasteiger partial charge in [0.15, 0.2) is 5.78 Å². The first-order valence-electron chi connectivity index (χ1n) is 10.6. The van der Waals surface area contributed by atoms with Crippen LogP contribution in [0.5, 0.6) is 11.5 Å². The number of esters is 1. The topological polar surface area (TPSA) is 84.9 Å². The van der Waals surface area contributed by atoms with Crippen LogP contribution in [0.15, 0.2) is 71.1 Å². The number of hydrogen-bond acceptors (Lipinski definition) is 6. The molecule has 0 spiro atoms. The second kappa shape index (κ2) is 8.19. The molecule has 0 radical (unpaired) electrons. The van der Waals surface area contributed by atoms with E-state index in [1.54, 1.807) is 25.3 Å². The smallest absolute Gasteiger partial charge is 0.336 e. The quantitative estimate of drug-likeness (QED) is 0.706. The summed E-state index contributed by atoms with van der Waals surface area (Å²) in [5.41, 5.74) is 2.92. The number of carbonyl (C=O) groups is 2. The highest BCUT2D eigenvalue weighted by molar-refractivity contribution is 6.06. The predicted octanol–water partition coefficient (Wildman–Crippen LogP) is 4.11. The summed E-state index contributed by atoms with van der Waals surface area (Å²) in [6, 6.07) is 14.4. The number of carbonyl (C=O) groups excluding carboxylic acids is 2. The van der Waals surface area contributed by atoms with Crippen molar-refractivity contribution in [2.24, 2.45) is 0 Å². The van der Waals surface area contributed by atoms with E-state index in [-0.39, 0.29) is 17.5 Å². The van der Waals surface area contributed by atoms with Crippen LogP contribution in [-0.2, 0) is 19.7 Å². The van der Waals surface area contributed by atoms with E-state index in [4.69, 9.17) is 9.47 Å². The van der Waals surface area contributed by atoms with Crippen LogP contribution in [0.3, 0.4) is 0 Å². The fourth-order valence-electron chi connectivity index (χ4n) is 5.19. The van der Waals surface area contributed by atoms with Gasteiger partial charge in [0, 0.05) is 29.3 Å². The third-order valence-corrected chi connectivity index (χ3v) is 6.57. The summed E-state index contributed by atoms with van der Waals surface area (Å²) in [6.45, 7) is 3.67.